The smallest absolute Gasteiger partial charge is 0.392 e. The molecule has 0 bridgehead atoms. The number of esters is 1. The molecule has 1 aliphatic carbocycles. The van der Waals surface area contributed by atoms with Crippen LogP contribution in [0.25, 0.3) is 5.57 Å². The van der Waals surface area contributed by atoms with Crippen molar-refractivity contribution in [2.24, 2.45) is 0 Å². The molecular weight excluding hydrogens is 437 g/mol. The van der Waals surface area contributed by atoms with E-state index in [-0.39, 0.29) is 12.1 Å². The maximum absolute atomic E-state index is 12.8. The fourth-order valence-electron chi connectivity index (χ4n) is 3.76. The molecule has 6 nitrogen and oxygen atoms in total. The predicted octanol–water partition coefficient (Wildman–Crippen LogP) is 4.87. The molecule has 1 saturated carbocycles. The van der Waals surface area contributed by atoms with Crippen molar-refractivity contribution in [3.63, 3.8) is 0 Å². The summed E-state index contributed by atoms with van der Waals surface area (Å²) in [5.74, 6) is 0.0709. The molecule has 0 N–H and O–H groups in total. The van der Waals surface area contributed by atoms with E-state index in [0.717, 1.165) is 29.7 Å². The van der Waals surface area contributed by atoms with Crippen LogP contribution in [0.1, 0.15) is 64.6 Å². The summed E-state index contributed by atoms with van der Waals surface area (Å²) in [5, 5.41) is 0. The molecule has 33 heavy (non-hydrogen) atoms. The van der Waals surface area contributed by atoms with Gasteiger partial charge < -0.3 is 14.2 Å². The molecule has 0 saturated heterocycles. The van der Waals surface area contributed by atoms with Crippen LogP contribution >= 0.6 is 0 Å². The van der Waals surface area contributed by atoms with Crippen LogP contribution < -0.4 is 4.74 Å². The summed E-state index contributed by atoms with van der Waals surface area (Å²) in [6.45, 7) is 0.453. The van der Waals surface area contributed by atoms with Gasteiger partial charge in [0.2, 0.25) is 0 Å². The summed E-state index contributed by atoms with van der Waals surface area (Å²) >= 11 is 0. The van der Waals surface area contributed by atoms with Crippen LogP contribution in [-0.2, 0) is 15.9 Å². The lowest BCUT2D eigenvalue weighted by atomic mass is 9.96. The predicted molar refractivity (Wildman–Crippen MR) is 114 cm³/mol. The third-order valence-electron chi connectivity index (χ3n) is 5.64. The first kappa shape index (κ1) is 23.2. The molecule has 2 aromatic rings. The van der Waals surface area contributed by atoms with Gasteiger partial charge >= 0.3 is 12.1 Å². The van der Waals surface area contributed by atoms with Crippen molar-refractivity contribution in [1.82, 2.24) is 9.97 Å². The van der Waals surface area contributed by atoms with Gasteiger partial charge in [0.1, 0.15) is 5.75 Å². The number of halogens is 3. The van der Waals surface area contributed by atoms with Crippen LogP contribution in [0.3, 0.4) is 0 Å². The Kier molecular flexibility index (Phi) is 6.97. The number of alkyl halides is 3. The highest BCUT2D eigenvalue weighted by atomic mass is 19.4. The number of nitrogens with zero attached hydrogens (tertiary/aromatic N) is 2. The number of carbonyl (C=O) groups excluding carboxylic acids is 1. The van der Waals surface area contributed by atoms with E-state index in [9.17, 15) is 18.0 Å². The van der Waals surface area contributed by atoms with Crippen molar-refractivity contribution in [3.8, 4) is 5.75 Å². The van der Waals surface area contributed by atoms with Crippen LogP contribution in [0.4, 0.5) is 13.2 Å². The fraction of sp³-hybridized carbons (Fsp3) is 0.458. The minimum absolute atomic E-state index is 0.124. The van der Waals surface area contributed by atoms with Crippen LogP contribution in [0.2, 0.25) is 0 Å². The summed E-state index contributed by atoms with van der Waals surface area (Å²) in [6, 6.07) is 5.41. The minimum Gasteiger partial charge on any atom is -0.492 e. The van der Waals surface area contributed by atoms with Gasteiger partial charge in [-0.1, -0.05) is 24.3 Å². The summed E-state index contributed by atoms with van der Waals surface area (Å²) < 4.78 is 54.3. The largest absolute Gasteiger partial charge is 0.492 e. The Morgan fingerprint density at radius 2 is 2.09 bits per heavy atom. The van der Waals surface area contributed by atoms with Gasteiger partial charge in [0.25, 0.3) is 0 Å². The Bertz CT molecular complexity index is 1050. The lowest BCUT2D eigenvalue weighted by Gasteiger charge is -2.20. The summed E-state index contributed by atoms with van der Waals surface area (Å²) in [5.41, 5.74) is 3.57. The second-order valence-corrected chi connectivity index (χ2v) is 8.09. The third kappa shape index (κ3) is 5.90. The third-order valence-corrected chi connectivity index (χ3v) is 5.64. The lowest BCUT2D eigenvalue weighted by Crippen LogP contribution is -2.16. The number of benzene rings is 1. The van der Waals surface area contributed by atoms with E-state index in [1.54, 1.807) is 12.3 Å². The average molecular weight is 462 g/mol. The molecule has 0 atom stereocenters. The first-order valence-corrected chi connectivity index (χ1v) is 10.9. The van der Waals surface area contributed by atoms with E-state index in [1.807, 2.05) is 18.2 Å². The molecule has 4 rings (SSSR count). The topological polar surface area (TPSA) is 70.5 Å². The van der Waals surface area contributed by atoms with E-state index in [2.05, 4.69) is 9.97 Å². The average Bonchev–Trinajstić information content (AvgIpc) is 3.65. The first-order valence-electron chi connectivity index (χ1n) is 10.9. The van der Waals surface area contributed by atoms with Crippen molar-refractivity contribution < 1.29 is 32.2 Å². The highest BCUT2D eigenvalue weighted by molar-refractivity contribution is 5.88. The number of ether oxygens (including phenoxy) is 3. The molecule has 0 amide bonds. The Morgan fingerprint density at radius 1 is 1.27 bits per heavy atom. The van der Waals surface area contributed by atoms with Crippen molar-refractivity contribution >= 4 is 11.5 Å². The number of aromatic nitrogens is 2. The standard InChI is InChI=1S/C24H25F3N2O4/c1-31-23(30)21-19(28-14-20(29-21)16-5-6-16)13-17-3-2-4-18(15-7-10-32-11-8-15)22(17)33-12-9-24(25,26)27/h2-4,7,14,16H,5-6,8-13H2,1H3. The molecule has 9 heteroatoms. The fourth-order valence-corrected chi connectivity index (χ4v) is 3.76. The summed E-state index contributed by atoms with van der Waals surface area (Å²) in [7, 11) is 1.28. The number of hydrogen-bond acceptors (Lipinski definition) is 6. The van der Waals surface area contributed by atoms with Crippen molar-refractivity contribution in [2.75, 3.05) is 26.9 Å². The van der Waals surface area contributed by atoms with E-state index in [1.165, 1.54) is 7.11 Å². The zero-order chi connectivity index (χ0) is 23.4. The number of hydrogen-bond donors (Lipinski definition) is 0. The van der Waals surface area contributed by atoms with Crippen molar-refractivity contribution in [1.29, 1.82) is 0 Å². The molecule has 0 unspecified atom stereocenters. The monoisotopic (exact) mass is 462 g/mol. The molecular formula is C24H25F3N2O4. The molecule has 1 aliphatic heterocycles. The molecule has 1 fully saturated rings. The zero-order valence-electron chi connectivity index (χ0n) is 18.3. The number of rotatable bonds is 8. The lowest BCUT2D eigenvalue weighted by molar-refractivity contribution is -0.139. The molecule has 2 heterocycles. The van der Waals surface area contributed by atoms with Gasteiger partial charge in [0, 0.05) is 29.7 Å². The normalized spacial score (nSPS) is 16.3. The molecule has 176 valence electrons. The summed E-state index contributed by atoms with van der Waals surface area (Å²) in [6.07, 6.45) is 0.989. The maximum Gasteiger partial charge on any atom is 0.392 e. The van der Waals surface area contributed by atoms with E-state index < -0.39 is 25.2 Å². The van der Waals surface area contributed by atoms with Gasteiger partial charge in [-0.25, -0.2) is 9.78 Å². The van der Waals surface area contributed by atoms with E-state index >= 15 is 0 Å². The molecule has 0 radical (unpaired) electrons. The SMILES string of the molecule is COC(=O)c1nc(C2CC2)cnc1Cc1cccc(C2=CCOCC2)c1OCCC(F)(F)F. The van der Waals surface area contributed by atoms with Crippen LogP contribution in [0.5, 0.6) is 5.75 Å². The number of para-hydroxylation sites is 1. The Hall–Kier alpha value is -2.94. The minimum atomic E-state index is -4.32. The van der Waals surface area contributed by atoms with Crippen molar-refractivity contribution in [2.45, 2.75) is 44.2 Å². The summed E-state index contributed by atoms with van der Waals surface area (Å²) in [4.78, 5) is 21.4. The van der Waals surface area contributed by atoms with Crippen LogP contribution in [-0.4, -0.2) is 49.0 Å². The maximum atomic E-state index is 12.8. The van der Waals surface area contributed by atoms with Gasteiger partial charge in [-0.3, -0.25) is 4.98 Å². The van der Waals surface area contributed by atoms with Crippen LogP contribution in [0, 0.1) is 0 Å². The quantitative estimate of drug-likeness (QED) is 0.522. The second-order valence-electron chi connectivity index (χ2n) is 8.09. The van der Waals surface area contributed by atoms with Gasteiger partial charge in [-0.15, -0.1) is 0 Å². The zero-order valence-corrected chi connectivity index (χ0v) is 18.3. The Balaban J connectivity index is 1.69. The van der Waals surface area contributed by atoms with E-state index in [0.29, 0.717) is 42.6 Å². The Morgan fingerprint density at radius 3 is 2.76 bits per heavy atom. The molecule has 0 spiro atoms. The first-order chi connectivity index (χ1) is 15.9. The van der Waals surface area contributed by atoms with Gasteiger partial charge in [-0.05, 0) is 24.8 Å². The van der Waals surface area contributed by atoms with Gasteiger partial charge in [0.15, 0.2) is 5.69 Å². The molecule has 1 aromatic carbocycles. The molecule has 2 aliphatic rings. The second kappa shape index (κ2) is 9.91. The highest BCUT2D eigenvalue weighted by Crippen LogP contribution is 2.39. The van der Waals surface area contributed by atoms with E-state index in [4.69, 9.17) is 14.2 Å². The molecule has 1 aromatic heterocycles. The van der Waals surface area contributed by atoms with Gasteiger partial charge in [-0.2, -0.15) is 13.2 Å². The van der Waals surface area contributed by atoms with Crippen molar-refractivity contribution in [3.05, 3.63) is 58.7 Å². The number of carbonyl (C=O) groups is 1. The number of methoxy groups -OCH3 is 1. The van der Waals surface area contributed by atoms with Gasteiger partial charge in [0.05, 0.1) is 44.7 Å². The Labute approximate surface area is 189 Å². The highest BCUT2D eigenvalue weighted by Gasteiger charge is 2.29. The van der Waals surface area contributed by atoms with Crippen LogP contribution in [0.15, 0.2) is 30.5 Å².